The maximum atomic E-state index is 4.27. The fraction of sp³-hybridized carbons (Fsp3) is 0.385. The number of aromatic nitrogens is 3. The van der Waals surface area contributed by atoms with Crippen molar-refractivity contribution in [3.8, 4) is 0 Å². The molecule has 0 aliphatic heterocycles. The number of rotatable bonds is 3. The van der Waals surface area contributed by atoms with Gasteiger partial charge in [0, 0.05) is 4.47 Å². The van der Waals surface area contributed by atoms with Crippen LogP contribution in [0.5, 0.6) is 0 Å². The van der Waals surface area contributed by atoms with Crippen LogP contribution in [0.25, 0.3) is 0 Å². The summed E-state index contributed by atoms with van der Waals surface area (Å²) in [6, 6.07) is 6.54. The average molecular weight is 294 g/mol. The summed E-state index contributed by atoms with van der Waals surface area (Å²) in [4.78, 5) is 1.79. The molecular weight excluding hydrogens is 278 g/mol. The summed E-state index contributed by atoms with van der Waals surface area (Å²) in [5.74, 6) is 0.447. The summed E-state index contributed by atoms with van der Waals surface area (Å²) in [7, 11) is 0. The molecule has 0 bridgehead atoms. The summed E-state index contributed by atoms with van der Waals surface area (Å²) >= 11 is 3.49. The quantitative estimate of drug-likeness (QED) is 0.866. The van der Waals surface area contributed by atoms with Crippen LogP contribution in [0, 0.1) is 12.8 Å². The molecule has 1 heterocycles. The van der Waals surface area contributed by atoms with E-state index in [2.05, 4.69) is 65.1 Å². The molecule has 0 aliphatic rings. The molecule has 1 aromatic heterocycles. The van der Waals surface area contributed by atoms with Crippen molar-refractivity contribution < 1.29 is 0 Å². The van der Waals surface area contributed by atoms with Crippen molar-refractivity contribution in [3.05, 3.63) is 46.2 Å². The van der Waals surface area contributed by atoms with E-state index in [1.165, 1.54) is 11.1 Å². The van der Waals surface area contributed by atoms with Gasteiger partial charge in [0.05, 0.1) is 18.4 Å². The standard InChI is InChI=1S/C13H16BrN3/c1-9(2)13(17-15-6-7-16-17)12-5-4-11(14)8-10(12)3/h4-9,13H,1-3H3. The number of hydrogen-bond acceptors (Lipinski definition) is 2. The third-order valence-corrected chi connectivity index (χ3v) is 3.36. The Kier molecular flexibility index (Phi) is 3.62. The Morgan fingerprint density at radius 1 is 1.18 bits per heavy atom. The molecule has 3 nitrogen and oxygen atoms in total. The number of nitrogens with zero attached hydrogens (tertiary/aromatic N) is 3. The van der Waals surface area contributed by atoms with Crippen LogP contribution in [0.1, 0.15) is 31.0 Å². The van der Waals surface area contributed by atoms with E-state index in [4.69, 9.17) is 0 Å². The van der Waals surface area contributed by atoms with Gasteiger partial charge in [-0.05, 0) is 36.1 Å². The van der Waals surface area contributed by atoms with Gasteiger partial charge in [-0.2, -0.15) is 15.0 Å². The van der Waals surface area contributed by atoms with Gasteiger partial charge in [0.1, 0.15) is 0 Å². The van der Waals surface area contributed by atoms with Gasteiger partial charge in [0.25, 0.3) is 0 Å². The summed E-state index contributed by atoms with van der Waals surface area (Å²) in [5, 5.41) is 8.54. The number of aryl methyl sites for hydroxylation is 1. The van der Waals surface area contributed by atoms with Crippen LogP contribution < -0.4 is 0 Å². The van der Waals surface area contributed by atoms with Crippen LogP contribution in [0.3, 0.4) is 0 Å². The minimum absolute atomic E-state index is 0.193. The Hall–Kier alpha value is -1.16. The van der Waals surface area contributed by atoms with Crippen molar-refractivity contribution in [2.24, 2.45) is 5.92 Å². The summed E-state index contributed by atoms with van der Waals surface area (Å²) in [6.45, 7) is 6.50. The molecule has 2 rings (SSSR count). The van der Waals surface area contributed by atoms with Crippen LogP contribution in [0.2, 0.25) is 0 Å². The van der Waals surface area contributed by atoms with E-state index in [-0.39, 0.29) is 6.04 Å². The molecule has 0 amide bonds. The molecule has 1 aromatic carbocycles. The van der Waals surface area contributed by atoms with Crippen molar-refractivity contribution in [1.29, 1.82) is 0 Å². The molecule has 0 radical (unpaired) electrons. The van der Waals surface area contributed by atoms with Crippen LogP contribution in [-0.2, 0) is 0 Å². The normalized spacial score (nSPS) is 13.0. The van der Waals surface area contributed by atoms with E-state index >= 15 is 0 Å². The van der Waals surface area contributed by atoms with Crippen molar-refractivity contribution in [3.63, 3.8) is 0 Å². The fourth-order valence-corrected chi connectivity index (χ4v) is 2.57. The molecule has 0 saturated heterocycles. The molecule has 4 heteroatoms. The predicted molar refractivity (Wildman–Crippen MR) is 71.9 cm³/mol. The lowest BCUT2D eigenvalue weighted by atomic mass is 9.93. The van der Waals surface area contributed by atoms with Gasteiger partial charge in [0.2, 0.25) is 0 Å². The maximum Gasteiger partial charge on any atom is 0.0991 e. The zero-order chi connectivity index (χ0) is 12.4. The van der Waals surface area contributed by atoms with Crippen molar-refractivity contribution >= 4 is 15.9 Å². The van der Waals surface area contributed by atoms with Crippen molar-refractivity contribution in [1.82, 2.24) is 15.0 Å². The second-order valence-corrected chi connectivity index (χ2v) is 5.45. The first-order chi connectivity index (χ1) is 8.09. The number of hydrogen-bond donors (Lipinski definition) is 0. The molecule has 0 aliphatic carbocycles. The highest BCUT2D eigenvalue weighted by atomic mass is 79.9. The fourth-order valence-electron chi connectivity index (χ4n) is 2.09. The summed E-state index contributed by atoms with van der Waals surface area (Å²) in [5.41, 5.74) is 2.54. The maximum absolute atomic E-state index is 4.27. The monoisotopic (exact) mass is 293 g/mol. The Labute approximate surface area is 110 Å². The first kappa shape index (κ1) is 12.3. The average Bonchev–Trinajstić information content (AvgIpc) is 2.74. The Bertz CT molecular complexity index is 491. The molecule has 0 fully saturated rings. The number of benzene rings is 1. The SMILES string of the molecule is Cc1cc(Br)ccc1C(C(C)C)n1nccn1. The predicted octanol–water partition coefficient (Wildman–Crippen LogP) is 3.59. The lowest BCUT2D eigenvalue weighted by molar-refractivity contribution is 0.362. The summed E-state index contributed by atoms with van der Waals surface area (Å²) in [6.07, 6.45) is 3.45. The second-order valence-electron chi connectivity index (χ2n) is 4.54. The van der Waals surface area contributed by atoms with Gasteiger partial charge in [-0.25, -0.2) is 0 Å². The zero-order valence-electron chi connectivity index (χ0n) is 10.3. The minimum atomic E-state index is 0.193. The largest absolute Gasteiger partial charge is 0.177 e. The second kappa shape index (κ2) is 5.00. The highest BCUT2D eigenvalue weighted by Gasteiger charge is 2.21. The van der Waals surface area contributed by atoms with E-state index in [0.717, 1.165) is 4.47 Å². The van der Waals surface area contributed by atoms with Gasteiger partial charge < -0.3 is 0 Å². The van der Waals surface area contributed by atoms with Gasteiger partial charge in [-0.1, -0.05) is 35.8 Å². The van der Waals surface area contributed by atoms with Gasteiger partial charge >= 0.3 is 0 Å². The Balaban J connectivity index is 2.47. The topological polar surface area (TPSA) is 30.7 Å². The zero-order valence-corrected chi connectivity index (χ0v) is 11.8. The molecule has 1 unspecified atom stereocenters. The van der Waals surface area contributed by atoms with E-state index in [0.29, 0.717) is 5.92 Å². The first-order valence-corrected chi connectivity index (χ1v) is 6.50. The molecule has 17 heavy (non-hydrogen) atoms. The highest BCUT2D eigenvalue weighted by Crippen LogP contribution is 2.29. The van der Waals surface area contributed by atoms with Crippen LogP contribution in [-0.4, -0.2) is 15.0 Å². The molecule has 90 valence electrons. The van der Waals surface area contributed by atoms with Crippen LogP contribution >= 0.6 is 15.9 Å². The van der Waals surface area contributed by atoms with E-state index < -0.39 is 0 Å². The van der Waals surface area contributed by atoms with Crippen LogP contribution in [0.4, 0.5) is 0 Å². The Morgan fingerprint density at radius 2 is 1.82 bits per heavy atom. The molecule has 0 spiro atoms. The molecule has 0 saturated carbocycles. The van der Waals surface area contributed by atoms with Gasteiger partial charge in [0.15, 0.2) is 0 Å². The molecule has 0 N–H and O–H groups in total. The third-order valence-electron chi connectivity index (χ3n) is 2.87. The van der Waals surface area contributed by atoms with Gasteiger partial charge in [-0.15, -0.1) is 0 Å². The minimum Gasteiger partial charge on any atom is -0.177 e. The van der Waals surface area contributed by atoms with Gasteiger partial charge in [-0.3, -0.25) is 0 Å². The lowest BCUT2D eigenvalue weighted by Gasteiger charge is -2.22. The number of halogens is 1. The molecule has 1 atom stereocenters. The van der Waals surface area contributed by atoms with E-state index in [1.807, 2.05) is 0 Å². The molecular formula is C13H16BrN3. The smallest absolute Gasteiger partial charge is 0.0991 e. The Morgan fingerprint density at radius 3 is 2.35 bits per heavy atom. The van der Waals surface area contributed by atoms with Crippen molar-refractivity contribution in [2.75, 3.05) is 0 Å². The lowest BCUT2D eigenvalue weighted by Crippen LogP contribution is -2.20. The van der Waals surface area contributed by atoms with E-state index in [9.17, 15) is 0 Å². The first-order valence-electron chi connectivity index (χ1n) is 5.71. The highest BCUT2D eigenvalue weighted by molar-refractivity contribution is 9.10. The van der Waals surface area contributed by atoms with Crippen molar-refractivity contribution in [2.45, 2.75) is 26.8 Å². The van der Waals surface area contributed by atoms with E-state index in [1.54, 1.807) is 17.2 Å². The summed E-state index contributed by atoms with van der Waals surface area (Å²) < 4.78 is 1.11. The van der Waals surface area contributed by atoms with Crippen LogP contribution in [0.15, 0.2) is 35.1 Å². The third kappa shape index (κ3) is 2.57. The molecule has 2 aromatic rings.